The summed E-state index contributed by atoms with van der Waals surface area (Å²) in [5, 5.41) is 19.5. The van der Waals surface area contributed by atoms with Gasteiger partial charge < -0.3 is 15.2 Å². The molecule has 1 saturated heterocycles. The van der Waals surface area contributed by atoms with Gasteiger partial charge in [-0.2, -0.15) is 9.78 Å². The Morgan fingerprint density at radius 2 is 2.06 bits per heavy atom. The van der Waals surface area contributed by atoms with Gasteiger partial charge in [-0.15, -0.1) is 5.10 Å². The lowest BCUT2D eigenvalue weighted by Gasteiger charge is -2.25. The summed E-state index contributed by atoms with van der Waals surface area (Å²) in [6, 6.07) is 7.31. The van der Waals surface area contributed by atoms with Crippen LogP contribution in [0.4, 0.5) is 5.82 Å². The first-order valence-electron chi connectivity index (χ1n) is 10.0. The summed E-state index contributed by atoms with van der Waals surface area (Å²) in [5.41, 5.74) is 9.68. The van der Waals surface area contributed by atoms with E-state index in [2.05, 4.69) is 40.7 Å². The summed E-state index contributed by atoms with van der Waals surface area (Å²) in [7, 11) is 0. The molecule has 0 spiro atoms. The third-order valence-corrected chi connectivity index (χ3v) is 4.70. The number of morpholine rings is 1. The molecule has 13 nitrogen and oxygen atoms in total. The fraction of sp³-hybridized carbons (Fsp3) is 0.368. The SMILES string of the molecule is CCOc1ccc(/C=N/NC(=O)c2c(CN3CCOCC3)nnn2-c2nonc2N)cc1. The Balaban J connectivity index is 1.53. The first kappa shape index (κ1) is 21.4. The smallest absolute Gasteiger partial charge is 0.292 e. The van der Waals surface area contributed by atoms with Crippen molar-refractivity contribution in [1.29, 1.82) is 0 Å². The average Bonchev–Trinajstić information content (AvgIpc) is 3.41. The average molecular weight is 441 g/mol. The molecule has 0 aliphatic carbocycles. The molecule has 0 unspecified atom stereocenters. The molecule has 0 saturated carbocycles. The number of rotatable bonds is 8. The van der Waals surface area contributed by atoms with Crippen LogP contribution in [0, 0.1) is 0 Å². The van der Waals surface area contributed by atoms with E-state index in [4.69, 9.17) is 15.2 Å². The highest BCUT2D eigenvalue weighted by atomic mass is 16.6. The van der Waals surface area contributed by atoms with Gasteiger partial charge >= 0.3 is 0 Å². The number of benzene rings is 1. The molecule has 4 rings (SSSR count). The minimum Gasteiger partial charge on any atom is -0.494 e. The van der Waals surface area contributed by atoms with E-state index in [1.807, 2.05) is 31.2 Å². The van der Waals surface area contributed by atoms with Crippen molar-refractivity contribution in [3.63, 3.8) is 0 Å². The van der Waals surface area contributed by atoms with Gasteiger partial charge in [0.05, 0.1) is 26.0 Å². The highest BCUT2D eigenvalue weighted by Crippen LogP contribution is 2.17. The number of nitrogen functional groups attached to an aromatic ring is 1. The lowest BCUT2D eigenvalue weighted by atomic mass is 10.2. The Morgan fingerprint density at radius 3 is 2.75 bits per heavy atom. The highest BCUT2D eigenvalue weighted by molar-refractivity contribution is 5.95. The van der Waals surface area contributed by atoms with Crippen LogP contribution in [-0.4, -0.2) is 75.2 Å². The van der Waals surface area contributed by atoms with E-state index >= 15 is 0 Å². The summed E-state index contributed by atoms with van der Waals surface area (Å²) in [4.78, 5) is 15.1. The van der Waals surface area contributed by atoms with Gasteiger partial charge in [0.1, 0.15) is 11.4 Å². The topological polar surface area (TPSA) is 159 Å². The molecule has 3 N–H and O–H groups in total. The third-order valence-electron chi connectivity index (χ3n) is 4.70. The second kappa shape index (κ2) is 9.98. The Kier molecular flexibility index (Phi) is 6.67. The van der Waals surface area contributed by atoms with E-state index in [9.17, 15) is 4.79 Å². The molecular weight excluding hydrogens is 418 g/mol. The maximum absolute atomic E-state index is 13.0. The van der Waals surface area contributed by atoms with Crippen molar-refractivity contribution < 1.29 is 18.9 Å². The second-order valence-electron chi connectivity index (χ2n) is 6.86. The van der Waals surface area contributed by atoms with Crippen LogP contribution in [-0.2, 0) is 11.3 Å². The lowest BCUT2D eigenvalue weighted by Crippen LogP contribution is -2.36. The molecule has 0 radical (unpaired) electrons. The molecule has 1 aliphatic heterocycles. The molecule has 3 heterocycles. The molecule has 13 heteroatoms. The number of carbonyl (C=O) groups is 1. The van der Waals surface area contributed by atoms with Gasteiger partial charge in [-0.05, 0) is 47.1 Å². The van der Waals surface area contributed by atoms with Crippen LogP contribution in [0.1, 0.15) is 28.7 Å². The van der Waals surface area contributed by atoms with Crippen molar-refractivity contribution in [1.82, 2.24) is 35.6 Å². The molecule has 1 aliphatic rings. The van der Waals surface area contributed by atoms with Crippen LogP contribution in [0.2, 0.25) is 0 Å². The molecule has 1 amide bonds. The summed E-state index contributed by atoms with van der Waals surface area (Å²) in [6.45, 7) is 5.57. The summed E-state index contributed by atoms with van der Waals surface area (Å²) >= 11 is 0. The van der Waals surface area contributed by atoms with E-state index in [-0.39, 0.29) is 17.3 Å². The largest absolute Gasteiger partial charge is 0.494 e. The quantitative estimate of drug-likeness (QED) is 0.366. The Morgan fingerprint density at radius 1 is 1.28 bits per heavy atom. The van der Waals surface area contributed by atoms with E-state index < -0.39 is 5.91 Å². The normalized spacial score (nSPS) is 14.7. The van der Waals surface area contributed by atoms with E-state index in [1.54, 1.807) is 0 Å². The zero-order chi connectivity index (χ0) is 22.3. The number of aromatic nitrogens is 5. The maximum Gasteiger partial charge on any atom is 0.292 e. The van der Waals surface area contributed by atoms with Crippen molar-refractivity contribution in [3.8, 4) is 11.6 Å². The minimum absolute atomic E-state index is 0.0141. The van der Waals surface area contributed by atoms with Crippen molar-refractivity contribution in [2.75, 3.05) is 38.6 Å². The molecule has 2 aromatic heterocycles. The maximum atomic E-state index is 13.0. The first-order valence-corrected chi connectivity index (χ1v) is 10.0. The fourth-order valence-electron chi connectivity index (χ4n) is 3.14. The number of ether oxygens (including phenoxy) is 2. The third kappa shape index (κ3) is 4.90. The Hall–Kier alpha value is -3.84. The fourth-order valence-corrected chi connectivity index (χ4v) is 3.14. The molecule has 168 valence electrons. The Bertz CT molecular complexity index is 1070. The number of anilines is 1. The van der Waals surface area contributed by atoms with Crippen LogP contribution in [0.15, 0.2) is 34.0 Å². The Labute approximate surface area is 183 Å². The molecule has 0 bridgehead atoms. The van der Waals surface area contributed by atoms with Crippen LogP contribution < -0.4 is 15.9 Å². The van der Waals surface area contributed by atoms with E-state index in [0.29, 0.717) is 32.1 Å². The number of nitrogens with zero attached hydrogens (tertiary/aromatic N) is 7. The molecule has 32 heavy (non-hydrogen) atoms. The van der Waals surface area contributed by atoms with Gasteiger partial charge in [0.2, 0.25) is 11.6 Å². The number of amides is 1. The molecule has 1 aromatic carbocycles. The zero-order valence-electron chi connectivity index (χ0n) is 17.5. The standard InChI is InChI=1S/C19H23N9O4/c1-2-31-14-5-3-13(4-6-14)11-21-23-19(29)16-15(12-27-7-9-30-10-8-27)22-26-28(16)18-17(20)24-32-25-18/h3-6,11H,2,7-10,12H2,1H3,(H2,20,24)(H,23,29)/b21-11+. The number of carbonyl (C=O) groups excluding carboxylic acids is 1. The monoisotopic (exact) mass is 441 g/mol. The van der Waals surface area contributed by atoms with E-state index in [1.165, 1.54) is 10.9 Å². The van der Waals surface area contributed by atoms with E-state index in [0.717, 1.165) is 24.4 Å². The van der Waals surface area contributed by atoms with Crippen molar-refractivity contribution in [2.45, 2.75) is 13.5 Å². The lowest BCUT2D eigenvalue weighted by molar-refractivity contribution is 0.0335. The van der Waals surface area contributed by atoms with Crippen LogP contribution in [0.3, 0.4) is 0 Å². The van der Waals surface area contributed by atoms with Gasteiger partial charge in [0, 0.05) is 19.6 Å². The predicted molar refractivity (Wildman–Crippen MR) is 112 cm³/mol. The van der Waals surface area contributed by atoms with Gasteiger partial charge in [0.25, 0.3) is 5.91 Å². The molecule has 3 aromatic rings. The van der Waals surface area contributed by atoms with Crippen molar-refractivity contribution >= 4 is 17.9 Å². The van der Waals surface area contributed by atoms with Gasteiger partial charge in [-0.25, -0.2) is 10.1 Å². The number of hydrogen-bond acceptors (Lipinski definition) is 11. The number of hydrogen-bond donors (Lipinski definition) is 2. The van der Waals surface area contributed by atoms with Crippen molar-refractivity contribution in [2.24, 2.45) is 5.10 Å². The summed E-state index contributed by atoms with van der Waals surface area (Å²) in [6.07, 6.45) is 1.52. The highest BCUT2D eigenvalue weighted by Gasteiger charge is 2.26. The predicted octanol–water partition coefficient (Wildman–Crippen LogP) is 0.227. The number of nitrogens with one attached hydrogen (secondary N) is 1. The van der Waals surface area contributed by atoms with Crippen LogP contribution in [0.5, 0.6) is 5.75 Å². The molecule has 1 fully saturated rings. The van der Waals surface area contributed by atoms with Crippen LogP contribution in [0.25, 0.3) is 5.82 Å². The van der Waals surface area contributed by atoms with Gasteiger partial charge in [0.15, 0.2) is 5.69 Å². The van der Waals surface area contributed by atoms with Crippen molar-refractivity contribution in [3.05, 3.63) is 41.2 Å². The summed E-state index contributed by atoms with van der Waals surface area (Å²) in [5.74, 6) is 0.296. The summed E-state index contributed by atoms with van der Waals surface area (Å²) < 4.78 is 16.6. The van der Waals surface area contributed by atoms with Crippen LogP contribution >= 0.6 is 0 Å². The second-order valence-corrected chi connectivity index (χ2v) is 6.86. The first-order chi connectivity index (χ1) is 15.7. The number of nitrogens with two attached hydrogens (primary N) is 1. The number of hydrazone groups is 1. The zero-order valence-corrected chi connectivity index (χ0v) is 17.5. The molecule has 0 atom stereocenters. The minimum atomic E-state index is -0.525. The van der Waals surface area contributed by atoms with Gasteiger partial charge in [-0.3, -0.25) is 9.69 Å². The van der Waals surface area contributed by atoms with Gasteiger partial charge in [-0.1, -0.05) is 5.21 Å². The molecular formula is C19H23N9O4.